The maximum atomic E-state index is 12.3. The number of methoxy groups -OCH3 is 1. The van der Waals surface area contributed by atoms with Crippen LogP contribution >= 0.6 is 0 Å². The highest BCUT2D eigenvalue weighted by Crippen LogP contribution is 2.42. The predicted octanol–water partition coefficient (Wildman–Crippen LogP) is 3.86. The Morgan fingerprint density at radius 1 is 1.33 bits per heavy atom. The van der Waals surface area contributed by atoms with Gasteiger partial charge in [0.05, 0.1) is 25.0 Å². The Morgan fingerprint density at radius 2 is 2.15 bits per heavy atom. The molecule has 4 atom stereocenters. The van der Waals surface area contributed by atoms with E-state index in [1.807, 2.05) is 0 Å². The molecule has 0 amide bonds. The zero-order valence-corrected chi connectivity index (χ0v) is 16.2. The van der Waals surface area contributed by atoms with Crippen molar-refractivity contribution in [1.82, 2.24) is 10.3 Å². The van der Waals surface area contributed by atoms with Crippen LogP contribution in [0.1, 0.15) is 44.0 Å². The summed E-state index contributed by atoms with van der Waals surface area (Å²) in [7, 11) is 1.44. The van der Waals surface area contributed by atoms with E-state index in [-0.39, 0.29) is 30.0 Å². The maximum Gasteiger partial charge on any atom is 0.337 e. The van der Waals surface area contributed by atoms with E-state index in [0.717, 1.165) is 25.8 Å². The fourth-order valence-corrected chi connectivity index (χ4v) is 4.73. The average molecular weight is 368 g/mol. The molecule has 3 heterocycles. The van der Waals surface area contributed by atoms with E-state index < -0.39 is 0 Å². The summed E-state index contributed by atoms with van der Waals surface area (Å²) in [6, 6.07) is 8.70. The minimum Gasteiger partial charge on any atom is -0.497 e. The van der Waals surface area contributed by atoms with E-state index in [2.05, 4.69) is 48.4 Å². The second kappa shape index (κ2) is 7.39. The van der Waals surface area contributed by atoms with E-state index >= 15 is 0 Å². The van der Waals surface area contributed by atoms with E-state index in [1.54, 1.807) is 6.26 Å². The number of hydrogen-bond acceptors (Lipinski definition) is 4. The molecule has 2 aliphatic rings. The average Bonchev–Trinajstić information content (AvgIpc) is 3.06. The summed E-state index contributed by atoms with van der Waals surface area (Å²) in [5.41, 5.74) is 4.51. The van der Waals surface area contributed by atoms with Gasteiger partial charge in [-0.05, 0) is 31.4 Å². The first-order valence-corrected chi connectivity index (χ1v) is 9.90. The first kappa shape index (κ1) is 18.1. The van der Waals surface area contributed by atoms with Crippen molar-refractivity contribution in [2.45, 2.75) is 45.3 Å². The lowest BCUT2D eigenvalue weighted by Crippen LogP contribution is -2.47. The molecule has 1 saturated heterocycles. The van der Waals surface area contributed by atoms with Crippen molar-refractivity contribution in [2.24, 2.45) is 11.8 Å². The highest BCUT2D eigenvalue weighted by atomic mass is 16.5. The summed E-state index contributed by atoms with van der Waals surface area (Å²) in [5, 5.41) is 5.02. The molecule has 5 nitrogen and oxygen atoms in total. The Balaban J connectivity index is 1.69. The quantitative estimate of drug-likeness (QED) is 0.805. The van der Waals surface area contributed by atoms with Crippen molar-refractivity contribution in [1.29, 1.82) is 0 Å². The smallest absolute Gasteiger partial charge is 0.337 e. The molecule has 2 N–H and O–H groups in total. The van der Waals surface area contributed by atoms with Crippen molar-refractivity contribution < 1.29 is 14.3 Å². The topological polar surface area (TPSA) is 63.4 Å². The van der Waals surface area contributed by atoms with Crippen LogP contribution in [0.15, 0.2) is 36.1 Å². The lowest BCUT2D eigenvalue weighted by Gasteiger charge is -2.42. The van der Waals surface area contributed by atoms with Crippen molar-refractivity contribution in [3.05, 3.63) is 47.4 Å². The number of ether oxygens (including phenoxy) is 2. The molecule has 1 aromatic heterocycles. The summed E-state index contributed by atoms with van der Waals surface area (Å²) >= 11 is 0. The Labute approximate surface area is 160 Å². The lowest BCUT2D eigenvalue weighted by atomic mass is 9.74. The molecular weight excluding hydrogens is 340 g/mol. The summed E-state index contributed by atoms with van der Waals surface area (Å²) in [6.07, 6.45) is 4.73. The number of esters is 1. The molecule has 1 aromatic carbocycles. The largest absolute Gasteiger partial charge is 0.497 e. The van der Waals surface area contributed by atoms with Crippen molar-refractivity contribution >= 4 is 16.9 Å². The van der Waals surface area contributed by atoms with Crippen LogP contribution in [-0.4, -0.2) is 30.7 Å². The van der Waals surface area contributed by atoms with Gasteiger partial charge in [0.1, 0.15) is 0 Å². The third-order valence-corrected chi connectivity index (χ3v) is 6.13. The first-order chi connectivity index (χ1) is 13.1. The second-order valence-electron chi connectivity index (χ2n) is 7.69. The van der Waals surface area contributed by atoms with Gasteiger partial charge in [-0.1, -0.05) is 31.5 Å². The molecular formula is C22H28N2O3. The molecule has 1 unspecified atom stereocenters. The van der Waals surface area contributed by atoms with Crippen LogP contribution < -0.4 is 5.32 Å². The molecule has 5 heteroatoms. The zero-order valence-electron chi connectivity index (χ0n) is 16.2. The Kier molecular flexibility index (Phi) is 4.96. The van der Waals surface area contributed by atoms with Gasteiger partial charge < -0.3 is 19.8 Å². The third-order valence-electron chi connectivity index (χ3n) is 6.13. The number of nitrogens with one attached hydrogen (secondary N) is 2. The highest BCUT2D eigenvalue weighted by Gasteiger charge is 2.42. The molecule has 0 bridgehead atoms. The molecule has 144 valence electrons. The maximum absolute atomic E-state index is 12.3. The summed E-state index contributed by atoms with van der Waals surface area (Å²) in [6.45, 7) is 5.12. The molecule has 0 saturated carbocycles. The van der Waals surface area contributed by atoms with Gasteiger partial charge in [-0.15, -0.1) is 0 Å². The number of aryl methyl sites for hydroxylation is 1. The summed E-state index contributed by atoms with van der Waals surface area (Å²) in [5.74, 6) is 0.149. The number of para-hydroxylation sites is 1. The molecule has 0 aliphatic carbocycles. The van der Waals surface area contributed by atoms with Gasteiger partial charge in [-0.3, -0.25) is 0 Å². The summed E-state index contributed by atoms with van der Waals surface area (Å²) in [4.78, 5) is 15.9. The van der Waals surface area contributed by atoms with E-state index in [4.69, 9.17) is 9.47 Å². The van der Waals surface area contributed by atoms with Crippen LogP contribution in [0, 0.1) is 11.8 Å². The van der Waals surface area contributed by atoms with Crippen LogP contribution in [0.25, 0.3) is 10.9 Å². The normalized spacial score (nSPS) is 27.6. The number of piperidine rings is 1. The minimum absolute atomic E-state index is 0.0923. The lowest BCUT2D eigenvalue weighted by molar-refractivity contribution is -0.138. The first-order valence-electron chi connectivity index (χ1n) is 9.90. The number of H-pyrrole nitrogens is 1. The minimum atomic E-state index is -0.275. The highest BCUT2D eigenvalue weighted by molar-refractivity contribution is 5.89. The van der Waals surface area contributed by atoms with E-state index in [1.165, 1.54) is 29.3 Å². The van der Waals surface area contributed by atoms with Crippen LogP contribution in [-0.2, 0) is 20.7 Å². The van der Waals surface area contributed by atoms with Crippen molar-refractivity contribution in [2.75, 3.05) is 13.7 Å². The van der Waals surface area contributed by atoms with Gasteiger partial charge >= 0.3 is 5.97 Å². The molecule has 0 spiro atoms. The molecule has 27 heavy (non-hydrogen) atoms. The van der Waals surface area contributed by atoms with Crippen LogP contribution in [0.2, 0.25) is 0 Å². The van der Waals surface area contributed by atoms with Crippen molar-refractivity contribution in [3.8, 4) is 0 Å². The number of fused-ring (bicyclic) bond motifs is 2. The van der Waals surface area contributed by atoms with Gasteiger partial charge in [0.15, 0.2) is 0 Å². The fraction of sp³-hybridized carbons (Fsp3) is 0.500. The monoisotopic (exact) mass is 368 g/mol. The number of carbonyl (C=O) groups is 1. The zero-order chi connectivity index (χ0) is 19.0. The second-order valence-corrected chi connectivity index (χ2v) is 7.69. The number of benzene rings is 1. The molecule has 0 radical (unpaired) electrons. The number of carbonyl (C=O) groups excluding carboxylic acids is 1. The molecule has 2 aromatic rings. The van der Waals surface area contributed by atoms with Gasteiger partial charge in [0.25, 0.3) is 0 Å². The molecule has 1 fully saturated rings. The van der Waals surface area contributed by atoms with Gasteiger partial charge in [-0.25, -0.2) is 4.79 Å². The van der Waals surface area contributed by atoms with Gasteiger partial charge in [-0.2, -0.15) is 0 Å². The SMILES string of the molecule is CCCc1c([C@H]2C[C@H]3C(C(=O)OC)=CO[C@H](C)C3CN2)[nH]c2ccccc12. The van der Waals surface area contributed by atoms with Crippen LogP contribution in [0.4, 0.5) is 0 Å². The predicted molar refractivity (Wildman–Crippen MR) is 105 cm³/mol. The van der Waals surface area contributed by atoms with E-state index in [9.17, 15) is 4.79 Å². The number of aromatic nitrogens is 1. The molecule has 2 aliphatic heterocycles. The Hall–Kier alpha value is -2.27. The number of hydrogen-bond donors (Lipinski definition) is 2. The Bertz CT molecular complexity index is 870. The van der Waals surface area contributed by atoms with Crippen LogP contribution in [0.5, 0.6) is 0 Å². The fourth-order valence-electron chi connectivity index (χ4n) is 4.73. The third kappa shape index (κ3) is 3.14. The van der Waals surface area contributed by atoms with Gasteiger partial charge in [0.2, 0.25) is 0 Å². The summed E-state index contributed by atoms with van der Waals surface area (Å²) < 4.78 is 10.7. The van der Waals surface area contributed by atoms with Crippen molar-refractivity contribution in [3.63, 3.8) is 0 Å². The van der Waals surface area contributed by atoms with Gasteiger partial charge in [0, 0.05) is 41.0 Å². The van der Waals surface area contributed by atoms with Crippen LogP contribution in [0.3, 0.4) is 0 Å². The number of aromatic amines is 1. The standard InChI is InChI=1S/C22H28N2O3/c1-4-7-15-14-8-5-6-9-19(14)24-21(15)20-10-16-17(11-23-20)13(2)27-12-18(16)22(25)26-3/h5-6,8-9,12-13,16-17,20,23-24H,4,7,10-11H2,1-3H3/t13-,16-,17?,20-/m1/s1. The van der Waals surface area contributed by atoms with E-state index in [0.29, 0.717) is 5.57 Å². The molecule has 4 rings (SSSR count). The Morgan fingerprint density at radius 3 is 2.93 bits per heavy atom. The number of rotatable bonds is 4.